The van der Waals surface area contributed by atoms with Gasteiger partial charge in [-0.25, -0.2) is 9.98 Å². The van der Waals surface area contributed by atoms with Crippen LogP contribution < -0.4 is 30.3 Å². The first-order valence-corrected chi connectivity index (χ1v) is 7.54. The highest BCUT2D eigenvalue weighted by atomic mass is 15.2. The van der Waals surface area contributed by atoms with E-state index in [1.807, 2.05) is 56.4 Å². The van der Waals surface area contributed by atoms with Crippen LogP contribution in [-0.2, 0) is 0 Å². The Balaban J connectivity index is 2.40. The lowest BCUT2D eigenvalue weighted by molar-refractivity contribution is 1.12. The van der Waals surface area contributed by atoms with Crippen LogP contribution in [0.25, 0.3) is 0 Å². The number of aliphatic imine (C=N–C) groups is 1. The Kier molecular flexibility index (Phi) is 4.49. The minimum atomic E-state index is 0.502. The van der Waals surface area contributed by atoms with Gasteiger partial charge in [-0.2, -0.15) is 0 Å². The third kappa shape index (κ3) is 3.23. The fraction of sp³-hybridized carbons (Fsp3) is 0.562. The van der Waals surface area contributed by atoms with Gasteiger partial charge in [0, 0.05) is 63.4 Å². The molecule has 0 saturated heterocycles. The van der Waals surface area contributed by atoms with Crippen molar-refractivity contribution in [2.45, 2.75) is 0 Å². The second kappa shape index (κ2) is 6.06. The average Bonchev–Trinajstić information content (AvgIpc) is 3.29. The van der Waals surface area contributed by atoms with E-state index in [-0.39, 0.29) is 0 Å². The highest BCUT2D eigenvalue weighted by Crippen LogP contribution is 2.30. The molecule has 0 atom stereocenters. The molecular formula is C16H27N7. The van der Waals surface area contributed by atoms with Crippen LogP contribution in [0.1, 0.15) is 0 Å². The summed E-state index contributed by atoms with van der Waals surface area (Å²) in [5.41, 5.74) is 4.56. The summed E-state index contributed by atoms with van der Waals surface area (Å²) >= 11 is 0. The lowest BCUT2D eigenvalue weighted by Crippen LogP contribution is -2.10. The van der Waals surface area contributed by atoms with E-state index in [4.69, 9.17) is 0 Å². The lowest BCUT2D eigenvalue weighted by Gasteiger charge is -2.07. The average molecular weight is 317 g/mol. The Morgan fingerprint density at radius 1 is 0.565 bits per heavy atom. The van der Waals surface area contributed by atoms with Gasteiger partial charge in [0.25, 0.3) is 0 Å². The minimum absolute atomic E-state index is 0.502. The van der Waals surface area contributed by atoms with Crippen LogP contribution in [0.2, 0.25) is 0 Å². The number of anilines is 4. The molecule has 2 rings (SSSR count). The molecule has 0 aliphatic heterocycles. The van der Waals surface area contributed by atoms with Crippen LogP contribution in [0, 0.1) is 0 Å². The molecule has 0 radical (unpaired) electrons. The molecule has 7 nitrogen and oxygen atoms in total. The number of rotatable bonds is 4. The van der Waals surface area contributed by atoms with Crippen LogP contribution in [0.3, 0.4) is 0 Å². The fourth-order valence-electron chi connectivity index (χ4n) is 2.55. The molecule has 0 aliphatic carbocycles. The van der Waals surface area contributed by atoms with Gasteiger partial charge >= 0.3 is 0 Å². The Morgan fingerprint density at radius 2 is 0.826 bits per heavy atom. The largest absolute Gasteiger partial charge is 0.374 e. The van der Waals surface area contributed by atoms with Gasteiger partial charge in [-0.3, -0.25) is 4.99 Å². The van der Waals surface area contributed by atoms with Gasteiger partial charge in [0.1, 0.15) is 10.7 Å². The summed E-state index contributed by atoms with van der Waals surface area (Å²) in [6.07, 6.45) is 0. The standard InChI is InChI=1S/C16H27N7/c1-17-16(18-10-12(20(2)3)13(10)21(4)5)19-11-14(22(6)7)15(11)23(8)9/h1-9H3. The lowest BCUT2D eigenvalue weighted by atomic mass is 10.7. The van der Waals surface area contributed by atoms with Crippen LogP contribution in [0.5, 0.6) is 0 Å². The van der Waals surface area contributed by atoms with E-state index in [1.54, 1.807) is 7.05 Å². The maximum absolute atomic E-state index is 4.64. The van der Waals surface area contributed by atoms with Crippen molar-refractivity contribution < 1.29 is 0 Å². The molecule has 0 amide bonds. The first kappa shape index (κ1) is 17.1. The van der Waals surface area contributed by atoms with Crippen molar-refractivity contribution >= 4 is 28.7 Å². The van der Waals surface area contributed by atoms with E-state index in [2.05, 4.69) is 34.6 Å². The predicted molar refractivity (Wildman–Crippen MR) is 99.4 cm³/mol. The zero-order chi connectivity index (χ0) is 17.5. The molecule has 0 saturated carbocycles. The van der Waals surface area contributed by atoms with E-state index in [9.17, 15) is 0 Å². The van der Waals surface area contributed by atoms with Gasteiger partial charge in [-0.1, -0.05) is 0 Å². The minimum Gasteiger partial charge on any atom is -0.374 e. The molecule has 2 aromatic carbocycles. The van der Waals surface area contributed by atoms with Crippen molar-refractivity contribution in [2.24, 2.45) is 15.0 Å². The van der Waals surface area contributed by atoms with Gasteiger partial charge in [-0.05, 0) is 0 Å². The number of hydrogen-bond acceptors (Lipinski definition) is 5. The van der Waals surface area contributed by atoms with E-state index >= 15 is 0 Å². The normalized spacial score (nSPS) is 10.8. The monoisotopic (exact) mass is 317 g/mol. The Labute approximate surface area is 138 Å². The summed E-state index contributed by atoms with van der Waals surface area (Å²) in [5.74, 6) is 0.502. The first-order chi connectivity index (χ1) is 10.7. The Bertz CT molecular complexity index is 650. The molecule has 126 valence electrons. The summed E-state index contributed by atoms with van der Waals surface area (Å²) in [6, 6.07) is 0. The zero-order valence-corrected chi connectivity index (χ0v) is 15.6. The summed E-state index contributed by atoms with van der Waals surface area (Å²) in [4.78, 5) is 21.8. The summed E-state index contributed by atoms with van der Waals surface area (Å²) in [6.45, 7) is 0. The van der Waals surface area contributed by atoms with Gasteiger partial charge in [-0.15, -0.1) is 0 Å². The second-order valence-electron chi connectivity index (χ2n) is 6.42. The Morgan fingerprint density at radius 3 is 1.00 bits per heavy atom. The highest BCUT2D eigenvalue weighted by molar-refractivity contribution is 5.92. The quantitative estimate of drug-likeness (QED) is 0.597. The summed E-state index contributed by atoms with van der Waals surface area (Å²) in [5, 5.41) is 1.92. The fourth-order valence-corrected chi connectivity index (χ4v) is 2.55. The summed E-state index contributed by atoms with van der Waals surface area (Å²) in [7, 11) is 17.9. The van der Waals surface area contributed by atoms with Gasteiger partial charge in [0.15, 0.2) is 0 Å². The molecule has 0 aliphatic rings. The van der Waals surface area contributed by atoms with E-state index in [0.29, 0.717) is 5.96 Å². The third-order valence-corrected chi connectivity index (χ3v) is 3.63. The van der Waals surface area contributed by atoms with E-state index < -0.39 is 0 Å². The van der Waals surface area contributed by atoms with Crippen molar-refractivity contribution in [1.82, 2.24) is 0 Å². The van der Waals surface area contributed by atoms with Crippen LogP contribution >= 0.6 is 0 Å². The molecule has 0 unspecified atom stereocenters. The highest BCUT2D eigenvalue weighted by Gasteiger charge is 2.26. The molecule has 0 bridgehead atoms. The number of hydrogen-bond donors (Lipinski definition) is 0. The predicted octanol–water partition coefficient (Wildman–Crippen LogP) is 0.189. The topological polar surface area (TPSA) is 50.0 Å². The van der Waals surface area contributed by atoms with Gasteiger partial charge in [0.05, 0.1) is 22.7 Å². The molecule has 23 heavy (non-hydrogen) atoms. The van der Waals surface area contributed by atoms with Crippen LogP contribution in [0.15, 0.2) is 15.0 Å². The van der Waals surface area contributed by atoms with Crippen molar-refractivity contribution in [2.75, 3.05) is 83.0 Å². The zero-order valence-electron chi connectivity index (χ0n) is 15.6. The number of guanidine groups is 1. The molecule has 0 spiro atoms. The molecule has 0 aromatic heterocycles. The van der Waals surface area contributed by atoms with Crippen molar-refractivity contribution in [1.29, 1.82) is 0 Å². The molecule has 2 aromatic rings. The van der Waals surface area contributed by atoms with E-state index in [0.717, 1.165) is 33.5 Å². The van der Waals surface area contributed by atoms with Gasteiger partial charge in [0.2, 0.25) is 5.96 Å². The second-order valence-corrected chi connectivity index (χ2v) is 6.42. The van der Waals surface area contributed by atoms with Crippen LogP contribution in [-0.4, -0.2) is 69.4 Å². The molecular weight excluding hydrogens is 290 g/mol. The number of nitrogens with zero attached hydrogens (tertiary/aromatic N) is 7. The Hall–Kier alpha value is -2.31. The molecule has 0 N–H and O–H groups in total. The van der Waals surface area contributed by atoms with Crippen molar-refractivity contribution in [3.63, 3.8) is 0 Å². The molecule has 0 heterocycles. The maximum Gasteiger partial charge on any atom is 0.245 e. The van der Waals surface area contributed by atoms with E-state index in [1.165, 1.54) is 0 Å². The third-order valence-electron chi connectivity index (χ3n) is 3.63. The molecule has 0 fully saturated rings. The SMILES string of the molecule is CN=C(N=c1c(N(C)C)c1N(C)C)N=c1c(N(C)C)c1N(C)C. The maximum atomic E-state index is 4.64. The van der Waals surface area contributed by atoms with Gasteiger partial charge < -0.3 is 19.6 Å². The first-order valence-electron chi connectivity index (χ1n) is 7.54. The van der Waals surface area contributed by atoms with Crippen molar-refractivity contribution in [3.05, 3.63) is 10.7 Å². The smallest absolute Gasteiger partial charge is 0.245 e. The molecule has 7 heteroatoms. The van der Waals surface area contributed by atoms with Crippen LogP contribution in [0.4, 0.5) is 22.7 Å². The summed E-state index contributed by atoms with van der Waals surface area (Å²) < 4.78 is 0. The van der Waals surface area contributed by atoms with Crippen molar-refractivity contribution in [3.8, 4) is 0 Å².